The molecule has 1 fully saturated rings. The van der Waals surface area contributed by atoms with E-state index in [-0.39, 0.29) is 22.3 Å². The van der Waals surface area contributed by atoms with Gasteiger partial charge in [0.1, 0.15) is 11.6 Å². The molecule has 2 aromatic heterocycles. The first-order chi connectivity index (χ1) is 17.0. The number of anilines is 1. The fourth-order valence-corrected chi connectivity index (χ4v) is 5.60. The minimum atomic E-state index is -0.929. The maximum Gasteiger partial charge on any atom is 0.301 e. The lowest BCUT2D eigenvalue weighted by Crippen LogP contribution is -2.29. The van der Waals surface area contributed by atoms with E-state index in [0.29, 0.717) is 26.8 Å². The Labute approximate surface area is 208 Å². The molecule has 1 aliphatic rings. The maximum absolute atomic E-state index is 14.0. The van der Waals surface area contributed by atoms with Crippen LogP contribution in [0.5, 0.6) is 0 Å². The van der Waals surface area contributed by atoms with Gasteiger partial charge in [0.25, 0.3) is 5.78 Å². The van der Waals surface area contributed by atoms with E-state index in [9.17, 15) is 19.1 Å². The van der Waals surface area contributed by atoms with Gasteiger partial charge >= 0.3 is 5.91 Å². The van der Waals surface area contributed by atoms with Crippen molar-refractivity contribution in [2.75, 3.05) is 4.90 Å². The third kappa shape index (κ3) is 4.45. The third-order valence-electron chi connectivity index (χ3n) is 5.40. The van der Waals surface area contributed by atoms with Crippen molar-refractivity contribution in [2.24, 2.45) is 0 Å². The molecule has 7 nitrogen and oxygen atoms in total. The Morgan fingerprint density at radius 1 is 1.03 bits per heavy atom. The molecular weight excluding hydrogens is 487 g/mol. The van der Waals surface area contributed by atoms with E-state index in [2.05, 4.69) is 15.2 Å². The van der Waals surface area contributed by atoms with Crippen LogP contribution in [0.1, 0.15) is 22.7 Å². The Morgan fingerprint density at radius 3 is 2.54 bits per heavy atom. The van der Waals surface area contributed by atoms with Crippen molar-refractivity contribution in [3.8, 4) is 0 Å². The molecule has 10 heteroatoms. The summed E-state index contributed by atoms with van der Waals surface area (Å²) >= 11 is 2.39. The summed E-state index contributed by atoms with van der Waals surface area (Å²) in [7, 11) is 0. The van der Waals surface area contributed by atoms with Gasteiger partial charge in [-0.1, -0.05) is 77.7 Å². The normalized spacial score (nSPS) is 17.2. The standard InChI is InChI=1S/C25H17FN4O3S2/c26-18-11-5-4-9-17(18)14-34-25-29-28-24(35-25)30-20(16-10-6-12-27-13-16)19(22(32)23(30)33)21(31)15-7-2-1-3-8-15/h1-13,20,31H,14H2/t20-/m0/s1. The number of hydrogen-bond acceptors (Lipinski definition) is 8. The monoisotopic (exact) mass is 504 g/mol. The Morgan fingerprint density at radius 2 is 1.80 bits per heavy atom. The molecule has 0 bridgehead atoms. The number of ketones is 1. The number of pyridine rings is 1. The van der Waals surface area contributed by atoms with Crippen LogP contribution in [0.4, 0.5) is 9.52 Å². The smallest absolute Gasteiger partial charge is 0.301 e. The molecule has 2 aromatic carbocycles. The summed E-state index contributed by atoms with van der Waals surface area (Å²) in [4.78, 5) is 31.6. The zero-order valence-electron chi connectivity index (χ0n) is 18.0. The number of carbonyl (C=O) groups is 2. The Kier molecular flexibility index (Phi) is 6.39. The number of benzene rings is 2. The van der Waals surface area contributed by atoms with Crippen LogP contribution < -0.4 is 4.90 Å². The first kappa shape index (κ1) is 22.9. The number of hydrogen-bond donors (Lipinski definition) is 1. The Hall–Kier alpha value is -3.89. The van der Waals surface area contributed by atoms with Gasteiger partial charge in [0, 0.05) is 23.7 Å². The van der Waals surface area contributed by atoms with E-state index in [4.69, 9.17) is 0 Å². The molecule has 1 saturated heterocycles. The van der Waals surface area contributed by atoms with Gasteiger partial charge in [-0.05, 0) is 23.3 Å². The number of rotatable bonds is 6. The van der Waals surface area contributed by atoms with E-state index in [1.807, 2.05) is 0 Å². The molecule has 5 rings (SSSR count). The SMILES string of the molecule is O=C1C(=O)N(c2nnc(SCc3ccccc3F)s2)[C@@H](c2cccnc2)C1=C(O)c1ccccc1. The van der Waals surface area contributed by atoms with Crippen molar-refractivity contribution in [1.29, 1.82) is 0 Å². The van der Waals surface area contributed by atoms with E-state index in [1.165, 1.54) is 28.9 Å². The van der Waals surface area contributed by atoms with Crippen LogP contribution in [0.25, 0.3) is 5.76 Å². The number of aliphatic hydroxyl groups excluding tert-OH is 1. The van der Waals surface area contributed by atoms with Crippen molar-refractivity contribution < 1.29 is 19.1 Å². The van der Waals surface area contributed by atoms with Crippen molar-refractivity contribution in [3.63, 3.8) is 0 Å². The van der Waals surface area contributed by atoms with Crippen molar-refractivity contribution in [3.05, 3.63) is 107 Å². The van der Waals surface area contributed by atoms with Crippen LogP contribution in [0.3, 0.4) is 0 Å². The minimum absolute atomic E-state index is 0.0510. The van der Waals surface area contributed by atoms with Crippen LogP contribution in [0, 0.1) is 5.82 Å². The van der Waals surface area contributed by atoms with Crippen LogP contribution in [-0.2, 0) is 15.3 Å². The summed E-state index contributed by atoms with van der Waals surface area (Å²) < 4.78 is 14.5. The predicted molar refractivity (Wildman–Crippen MR) is 131 cm³/mol. The Bertz CT molecular complexity index is 1430. The highest BCUT2D eigenvalue weighted by molar-refractivity contribution is 8.00. The van der Waals surface area contributed by atoms with Gasteiger partial charge in [0.2, 0.25) is 5.13 Å². The molecule has 174 valence electrons. The largest absolute Gasteiger partial charge is 0.507 e. The molecule has 0 unspecified atom stereocenters. The lowest BCUT2D eigenvalue weighted by molar-refractivity contribution is -0.132. The fraction of sp³-hybridized carbons (Fsp3) is 0.0800. The summed E-state index contributed by atoms with van der Waals surface area (Å²) in [5.41, 5.74) is 1.43. The lowest BCUT2D eigenvalue weighted by atomic mass is 9.96. The summed E-state index contributed by atoms with van der Waals surface area (Å²) in [5, 5.41) is 19.5. The van der Waals surface area contributed by atoms with E-state index < -0.39 is 17.7 Å². The number of thioether (sulfide) groups is 1. The van der Waals surface area contributed by atoms with E-state index in [1.54, 1.807) is 66.9 Å². The summed E-state index contributed by atoms with van der Waals surface area (Å²) in [5.74, 6) is -1.90. The molecule has 1 amide bonds. The number of carbonyl (C=O) groups excluding carboxylic acids is 2. The average Bonchev–Trinajstić information content (AvgIpc) is 3.46. The first-order valence-electron chi connectivity index (χ1n) is 10.5. The molecule has 4 aromatic rings. The summed E-state index contributed by atoms with van der Waals surface area (Å²) in [6, 6.07) is 17.5. The number of nitrogens with zero attached hydrogens (tertiary/aromatic N) is 4. The minimum Gasteiger partial charge on any atom is -0.507 e. The highest BCUT2D eigenvalue weighted by atomic mass is 32.2. The first-order valence-corrected chi connectivity index (χ1v) is 12.3. The van der Waals surface area contributed by atoms with Gasteiger partial charge < -0.3 is 5.11 Å². The second-order valence-corrected chi connectivity index (χ2v) is 9.73. The second-order valence-electron chi connectivity index (χ2n) is 7.55. The van der Waals surface area contributed by atoms with Crippen LogP contribution in [0.2, 0.25) is 0 Å². The van der Waals surface area contributed by atoms with Crippen LogP contribution in [0.15, 0.2) is 89.0 Å². The summed E-state index contributed by atoms with van der Waals surface area (Å²) in [6.07, 6.45) is 3.12. The zero-order valence-corrected chi connectivity index (χ0v) is 19.7. The number of halogens is 1. The molecular formula is C25H17FN4O3S2. The number of aliphatic hydroxyl groups is 1. The van der Waals surface area contributed by atoms with Gasteiger partial charge in [0.15, 0.2) is 4.34 Å². The lowest BCUT2D eigenvalue weighted by Gasteiger charge is -2.22. The maximum atomic E-state index is 14.0. The topological polar surface area (TPSA) is 96.3 Å². The van der Waals surface area contributed by atoms with Gasteiger partial charge in [-0.15, -0.1) is 10.2 Å². The van der Waals surface area contributed by atoms with Crippen molar-refractivity contribution in [2.45, 2.75) is 16.1 Å². The van der Waals surface area contributed by atoms with E-state index >= 15 is 0 Å². The molecule has 1 atom stereocenters. The quantitative estimate of drug-likeness (QED) is 0.130. The number of aromatic nitrogens is 3. The highest BCUT2D eigenvalue weighted by Crippen LogP contribution is 2.43. The third-order valence-corrected chi connectivity index (χ3v) is 7.51. The summed E-state index contributed by atoms with van der Waals surface area (Å²) in [6.45, 7) is 0. The molecule has 0 spiro atoms. The number of Topliss-reactive ketones (excluding diaryl/α,β-unsaturated/α-hetero) is 1. The fourth-order valence-electron chi connectivity index (χ4n) is 3.75. The molecule has 0 saturated carbocycles. The molecule has 3 heterocycles. The average molecular weight is 505 g/mol. The van der Waals surface area contributed by atoms with Gasteiger partial charge in [0.05, 0.1) is 11.6 Å². The highest BCUT2D eigenvalue weighted by Gasteiger charge is 2.48. The number of amides is 1. The van der Waals surface area contributed by atoms with Gasteiger partial charge in [-0.25, -0.2) is 4.39 Å². The van der Waals surface area contributed by atoms with Gasteiger partial charge in [-0.3, -0.25) is 19.5 Å². The Balaban J connectivity index is 1.52. The van der Waals surface area contributed by atoms with E-state index in [0.717, 1.165) is 11.3 Å². The predicted octanol–water partition coefficient (Wildman–Crippen LogP) is 4.99. The van der Waals surface area contributed by atoms with Crippen LogP contribution >= 0.6 is 23.1 Å². The molecule has 0 aliphatic carbocycles. The second kappa shape index (κ2) is 9.77. The van der Waals surface area contributed by atoms with Gasteiger partial charge in [-0.2, -0.15) is 0 Å². The molecule has 1 aliphatic heterocycles. The molecule has 35 heavy (non-hydrogen) atoms. The van der Waals surface area contributed by atoms with Crippen LogP contribution in [-0.4, -0.2) is 32.0 Å². The van der Waals surface area contributed by atoms with Crippen molar-refractivity contribution in [1.82, 2.24) is 15.2 Å². The van der Waals surface area contributed by atoms with Crippen molar-refractivity contribution >= 4 is 45.7 Å². The molecule has 0 radical (unpaired) electrons. The zero-order chi connectivity index (χ0) is 24.4. The molecule has 1 N–H and O–H groups in total.